The van der Waals surface area contributed by atoms with Gasteiger partial charge in [0.1, 0.15) is 11.3 Å². The summed E-state index contributed by atoms with van der Waals surface area (Å²) in [5, 5.41) is 13.4. The van der Waals surface area contributed by atoms with Gasteiger partial charge in [-0.25, -0.2) is 4.79 Å². The van der Waals surface area contributed by atoms with Gasteiger partial charge in [-0.3, -0.25) is 14.9 Å². The van der Waals surface area contributed by atoms with Crippen molar-refractivity contribution in [1.82, 2.24) is 0 Å². The second-order valence-corrected chi connectivity index (χ2v) is 4.63. The van der Waals surface area contributed by atoms with Gasteiger partial charge in [-0.1, -0.05) is 18.2 Å². The Morgan fingerprint density at radius 1 is 1.17 bits per heavy atom. The third-order valence-electron chi connectivity index (χ3n) is 3.01. The Labute approximate surface area is 137 Å². The molecule has 2 rings (SSSR count). The molecule has 0 aliphatic heterocycles. The van der Waals surface area contributed by atoms with Gasteiger partial charge in [-0.2, -0.15) is 0 Å². The van der Waals surface area contributed by atoms with Gasteiger partial charge in [0.05, 0.1) is 12.0 Å². The molecule has 0 heterocycles. The molecule has 0 radical (unpaired) electrons. The summed E-state index contributed by atoms with van der Waals surface area (Å²) in [4.78, 5) is 33.9. The Balaban J connectivity index is 1.96. The third-order valence-corrected chi connectivity index (χ3v) is 3.01. The van der Waals surface area contributed by atoms with Crippen LogP contribution in [-0.4, -0.2) is 30.5 Å². The number of benzene rings is 2. The van der Waals surface area contributed by atoms with Gasteiger partial charge in [-0.05, 0) is 18.2 Å². The summed E-state index contributed by atoms with van der Waals surface area (Å²) in [6.07, 6.45) is 0. The van der Waals surface area contributed by atoms with Crippen molar-refractivity contribution in [1.29, 1.82) is 0 Å². The molecule has 0 aliphatic carbocycles. The van der Waals surface area contributed by atoms with E-state index in [4.69, 9.17) is 9.47 Å². The van der Waals surface area contributed by atoms with E-state index in [-0.39, 0.29) is 11.3 Å². The first-order valence-electron chi connectivity index (χ1n) is 6.85. The predicted molar refractivity (Wildman–Crippen MR) is 85.0 cm³/mol. The summed E-state index contributed by atoms with van der Waals surface area (Å²) >= 11 is 0. The van der Waals surface area contributed by atoms with Crippen LogP contribution in [0.4, 0.5) is 11.4 Å². The van der Waals surface area contributed by atoms with Gasteiger partial charge >= 0.3 is 5.97 Å². The molecule has 2 aromatic rings. The smallest absolute Gasteiger partial charge is 0.345 e. The topological polar surface area (TPSA) is 108 Å². The Kier molecular flexibility index (Phi) is 5.45. The maximum atomic E-state index is 11.9. The minimum Gasteiger partial charge on any atom is -0.497 e. The van der Waals surface area contributed by atoms with Gasteiger partial charge in [0.25, 0.3) is 11.6 Å². The van der Waals surface area contributed by atoms with Crippen molar-refractivity contribution in [2.75, 3.05) is 19.0 Å². The first-order chi connectivity index (χ1) is 11.5. The Hall–Kier alpha value is -3.42. The zero-order valence-corrected chi connectivity index (χ0v) is 12.7. The van der Waals surface area contributed by atoms with Crippen LogP contribution < -0.4 is 10.1 Å². The standard InChI is InChI=1S/C16H14N2O6/c1-23-12-6-4-5-11(9-12)17-15(19)10-24-16(20)13-7-2-3-8-14(13)18(21)22/h2-9H,10H2,1H3,(H,17,19). The van der Waals surface area contributed by atoms with Crippen LogP contribution in [0.15, 0.2) is 48.5 Å². The van der Waals surface area contributed by atoms with E-state index in [0.717, 1.165) is 0 Å². The maximum Gasteiger partial charge on any atom is 0.345 e. The van der Waals surface area contributed by atoms with Crippen molar-refractivity contribution in [3.8, 4) is 5.75 Å². The molecule has 0 spiro atoms. The average Bonchev–Trinajstić information content (AvgIpc) is 2.59. The van der Waals surface area contributed by atoms with Crippen LogP contribution in [0.1, 0.15) is 10.4 Å². The SMILES string of the molecule is COc1cccc(NC(=O)COC(=O)c2ccccc2[N+](=O)[O-])c1. The van der Waals surface area contributed by atoms with E-state index in [1.165, 1.54) is 31.4 Å². The highest BCUT2D eigenvalue weighted by molar-refractivity contribution is 5.97. The van der Waals surface area contributed by atoms with Crippen LogP contribution in [-0.2, 0) is 9.53 Å². The van der Waals surface area contributed by atoms with Crippen molar-refractivity contribution in [2.24, 2.45) is 0 Å². The fourth-order valence-corrected chi connectivity index (χ4v) is 1.91. The van der Waals surface area contributed by atoms with Crippen molar-refractivity contribution in [3.05, 3.63) is 64.2 Å². The van der Waals surface area contributed by atoms with Gasteiger partial charge < -0.3 is 14.8 Å². The van der Waals surface area contributed by atoms with E-state index in [1.807, 2.05) is 0 Å². The number of amides is 1. The molecular weight excluding hydrogens is 316 g/mol. The molecule has 0 saturated heterocycles. The molecule has 0 fully saturated rings. The molecule has 0 atom stereocenters. The maximum absolute atomic E-state index is 11.9. The molecule has 124 valence electrons. The highest BCUT2D eigenvalue weighted by Crippen LogP contribution is 2.19. The second kappa shape index (κ2) is 7.73. The summed E-state index contributed by atoms with van der Waals surface area (Å²) in [5.41, 5.74) is -0.117. The van der Waals surface area contributed by atoms with Crippen molar-refractivity contribution >= 4 is 23.3 Å². The van der Waals surface area contributed by atoms with Crippen LogP contribution in [0.3, 0.4) is 0 Å². The minimum absolute atomic E-state index is 0.211. The number of hydrogen-bond acceptors (Lipinski definition) is 6. The number of para-hydroxylation sites is 1. The number of methoxy groups -OCH3 is 1. The Morgan fingerprint density at radius 2 is 1.92 bits per heavy atom. The third kappa shape index (κ3) is 4.29. The molecule has 8 nitrogen and oxygen atoms in total. The lowest BCUT2D eigenvalue weighted by Gasteiger charge is -2.08. The molecule has 1 N–H and O–H groups in total. The monoisotopic (exact) mass is 330 g/mol. The zero-order chi connectivity index (χ0) is 17.5. The first-order valence-corrected chi connectivity index (χ1v) is 6.85. The zero-order valence-electron chi connectivity index (χ0n) is 12.7. The van der Waals surface area contributed by atoms with E-state index in [1.54, 1.807) is 24.3 Å². The number of nitrogens with zero attached hydrogens (tertiary/aromatic N) is 1. The molecule has 0 unspecified atom stereocenters. The van der Waals surface area contributed by atoms with E-state index in [0.29, 0.717) is 11.4 Å². The fraction of sp³-hybridized carbons (Fsp3) is 0.125. The summed E-state index contributed by atoms with van der Waals surface area (Å²) in [6.45, 7) is -0.567. The Bertz CT molecular complexity index is 775. The number of nitro benzene ring substituents is 1. The molecule has 8 heteroatoms. The van der Waals surface area contributed by atoms with E-state index < -0.39 is 23.4 Å². The van der Waals surface area contributed by atoms with Crippen LogP contribution in [0, 0.1) is 10.1 Å². The van der Waals surface area contributed by atoms with Crippen LogP contribution in [0.25, 0.3) is 0 Å². The van der Waals surface area contributed by atoms with Crippen molar-refractivity contribution < 1.29 is 24.0 Å². The number of carbonyl (C=O) groups excluding carboxylic acids is 2. The normalized spacial score (nSPS) is 9.88. The largest absolute Gasteiger partial charge is 0.497 e. The lowest BCUT2D eigenvalue weighted by molar-refractivity contribution is -0.385. The summed E-state index contributed by atoms with van der Waals surface area (Å²) in [5.74, 6) is -0.956. The first kappa shape index (κ1) is 16.9. The highest BCUT2D eigenvalue weighted by Gasteiger charge is 2.21. The molecule has 0 aromatic heterocycles. The number of esters is 1. The summed E-state index contributed by atoms with van der Waals surface area (Å²) in [6, 6.07) is 12.0. The van der Waals surface area contributed by atoms with Crippen LogP contribution in [0.2, 0.25) is 0 Å². The molecule has 24 heavy (non-hydrogen) atoms. The average molecular weight is 330 g/mol. The van der Waals surface area contributed by atoms with E-state index >= 15 is 0 Å². The van der Waals surface area contributed by atoms with Gasteiger partial charge in [0.15, 0.2) is 6.61 Å². The van der Waals surface area contributed by atoms with Crippen molar-refractivity contribution in [3.63, 3.8) is 0 Å². The number of carbonyl (C=O) groups is 2. The van der Waals surface area contributed by atoms with Gasteiger partial charge in [0.2, 0.25) is 0 Å². The number of anilines is 1. The number of nitrogens with one attached hydrogen (secondary N) is 1. The molecule has 0 bridgehead atoms. The molecule has 0 saturated carbocycles. The lowest BCUT2D eigenvalue weighted by atomic mass is 10.2. The molecule has 2 aromatic carbocycles. The highest BCUT2D eigenvalue weighted by atomic mass is 16.6. The van der Waals surface area contributed by atoms with Gasteiger partial charge in [-0.15, -0.1) is 0 Å². The van der Waals surface area contributed by atoms with Crippen molar-refractivity contribution in [2.45, 2.75) is 0 Å². The molecule has 1 amide bonds. The molecule has 0 aliphatic rings. The van der Waals surface area contributed by atoms with E-state index in [2.05, 4.69) is 5.32 Å². The van der Waals surface area contributed by atoms with Gasteiger partial charge in [0, 0.05) is 17.8 Å². The molecular formula is C16H14N2O6. The quantitative estimate of drug-likeness (QED) is 0.495. The summed E-state index contributed by atoms with van der Waals surface area (Å²) < 4.78 is 9.85. The Morgan fingerprint density at radius 3 is 2.62 bits per heavy atom. The number of nitro groups is 1. The predicted octanol–water partition coefficient (Wildman–Crippen LogP) is 2.40. The fourth-order valence-electron chi connectivity index (χ4n) is 1.91. The summed E-state index contributed by atoms with van der Waals surface area (Å²) in [7, 11) is 1.50. The van der Waals surface area contributed by atoms with Crippen LogP contribution >= 0.6 is 0 Å². The lowest BCUT2D eigenvalue weighted by Crippen LogP contribution is -2.21. The number of rotatable bonds is 6. The number of hydrogen-bond donors (Lipinski definition) is 1. The van der Waals surface area contributed by atoms with Crippen LogP contribution in [0.5, 0.6) is 5.75 Å². The minimum atomic E-state index is -0.942. The van der Waals surface area contributed by atoms with E-state index in [9.17, 15) is 19.7 Å². The second-order valence-electron chi connectivity index (χ2n) is 4.63. The number of ether oxygens (including phenoxy) is 2.